The third kappa shape index (κ3) is 2.70. The Balaban J connectivity index is 1.51. The summed E-state index contributed by atoms with van der Waals surface area (Å²) >= 11 is 0. The number of rotatable bonds is 5. The summed E-state index contributed by atoms with van der Waals surface area (Å²) in [5.41, 5.74) is 1.32. The van der Waals surface area contributed by atoms with Gasteiger partial charge in [0.05, 0.1) is 19.9 Å². The summed E-state index contributed by atoms with van der Waals surface area (Å²) in [6.07, 6.45) is 4.04. The molecule has 20 heavy (non-hydrogen) atoms. The van der Waals surface area contributed by atoms with Gasteiger partial charge in [-0.1, -0.05) is 18.2 Å². The number of nitrogens with zero attached hydrogens (tertiary/aromatic N) is 1. The number of hydrogen-bond acceptors (Lipinski definition) is 4. The van der Waals surface area contributed by atoms with Crippen LogP contribution in [0.15, 0.2) is 34.9 Å². The summed E-state index contributed by atoms with van der Waals surface area (Å²) in [6.45, 7) is 2.62. The molecule has 4 nitrogen and oxygen atoms in total. The molecule has 1 saturated carbocycles. The van der Waals surface area contributed by atoms with Gasteiger partial charge in [0.15, 0.2) is 0 Å². The van der Waals surface area contributed by atoms with Crippen LogP contribution in [0.4, 0.5) is 0 Å². The molecule has 1 N–H and O–H groups in total. The van der Waals surface area contributed by atoms with Crippen LogP contribution >= 0.6 is 0 Å². The highest BCUT2D eigenvalue weighted by molar-refractivity contribution is 5.37. The van der Waals surface area contributed by atoms with E-state index in [1.54, 1.807) is 13.3 Å². The van der Waals surface area contributed by atoms with E-state index in [9.17, 15) is 0 Å². The molecule has 0 radical (unpaired) electrons. The van der Waals surface area contributed by atoms with Crippen molar-refractivity contribution in [3.8, 4) is 5.75 Å². The Hall–Kier alpha value is -1.81. The standard InChI is InChI=1S/C16H20N2O2/c1-11-9-18-16(20-11)10-17-13-7-12(8-13)14-5-3-4-6-15(14)19-2/h3-6,9,12-13,17H,7-8,10H2,1-2H3. The minimum Gasteiger partial charge on any atom is -0.496 e. The van der Waals surface area contributed by atoms with Crippen molar-refractivity contribution >= 4 is 0 Å². The molecule has 2 aromatic rings. The van der Waals surface area contributed by atoms with Crippen LogP contribution in [0.5, 0.6) is 5.75 Å². The zero-order chi connectivity index (χ0) is 13.9. The van der Waals surface area contributed by atoms with Crippen molar-refractivity contribution in [2.75, 3.05) is 7.11 Å². The van der Waals surface area contributed by atoms with Gasteiger partial charge < -0.3 is 14.5 Å². The van der Waals surface area contributed by atoms with Crippen LogP contribution in [-0.2, 0) is 6.54 Å². The van der Waals surface area contributed by atoms with Crippen molar-refractivity contribution in [2.45, 2.75) is 38.3 Å². The summed E-state index contributed by atoms with van der Waals surface area (Å²) in [5.74, 6) is 3.22. The number of methoxy groups -OCH3 is 1. The van der Waals surface area contributed by atoms with E-state index in [0.29, 0.717) is 18.5 Å². The van der Waals surface area contributed by atoms with Crippen LogP contribution in [0.25, 0.3) is 0 Å². The first kappa shape index (κ1) is 13.2. The minimum absolute atomic E-state index is 0.539. The lowest BCUT2D eigenvalue weighted by molar-refractivity contribution is 0.272. The molecule has 3 rings (SSSR count). The highest BCUT2D eigenvalue weighted by atomic mass is 16.5. The summed E-state index contributed by atoms with van der Waals surface area (Å²) in [7, 11) is 1.73. The first-order chi connectivity index (χ1) is 9.76. The number of nitrogens with one attached hydrogen (secondary N) is 1. The molecule has 1 aliphatic carbocycles. The Morgan fingerprint density at radius 3 is 2.85 bits per heavy atom. The van der Waals surface area contributed by atoms with Crippen molar-refractivity contribution in [2.24, 2.45) is 0 Å². The quantitative estimate of drug-likeness (QED) is 0.909. The van der Waals surface area contributed by atoms with Gasteiger partial charge in [-0.25, -0.2) is 4.98 Å². The maximum atomic E-state index is 5.46. The van der Waals surface area contributed by atoms with Gasteiger partial charge in [-0.05, 0) is 37.3 Å². The van der Waals surface area contributed by atoms with E-state index in [1.165, 1.54) is 5.56 Å². The monoisotopic (exact) mass is 272 g/mol. The highest BCUT2D eigenvalue weighted by Gasteiger charge is 2.31. The van der Waals surface area contributed by atoms with Gasteiger partial charge >= 0.3 is 0 Å². The lowest BCUT2D eigenvalue weighted by Crippen LogP contribution is -2.39. The second-order valence-corrected chi connectivity index (χ2v) is 5.35. The predicted octanol–water partition coefficient (Wildman–Crippen LogP) is 3.03. The van der Waals surface area contributed by atoms with Crippen molar-refractivity contribution in [1.82, 2.24) is 10.3 Å². The molecule has 0 spiro atoms. The van der Waals surface area contributed by atoms with Crippen molar-refractivity contribution in [3.63, 3.8) is 0 Å². The van der Waals surface area contributed by atoms with Crippen molar-refractivity contribution < 1.29 is 9.15 Å². The highest BCUT2D eigenvalue weighted by Crippen LogP contribution is 2.40. The summed E-state index contributed by atoms with van der Waals surface area (Å²) in [6, 6.07) is 8.83. The number of aromatic nitrogens is 1. The van der Waals surface area contributed by atoms with E-state index in [4.69, 9.17) is 9.15 Å². The van der Waals surface area contributed by atoms with Crippen LogP contribution in [0.2, 0.25) is 0 Å². The summed E-state index contributed by atoms with van der Waals surface area (Å²) in [4.78, 5) is 4.20. The molecule has 1 aliphatic rings. The predicted molar refractivity (Wildman–Crippen MR) is 76.8 cm³/mol. The van der Waals surface area contributed by atoms with Gasteiger partial charge in [0.2, 0.25) is 5.89 Å². The van der Waals surface area contributed by atoms with Crippen molar-refractivity contribution in [1.29, 1.82) is 0 Å². The van der Waals surface area contributed by atoms with E-state index in [2.05, 4.69) is 22.4 Å². The largest absolute Gasteiger partial charge is 0.496 e. The topological polar surface area (TPSA) is 47.3 Å². The number of benzene rings is 1. The Morgan fingerprint density at radius 2 is 2.15 bits per heavy atom. The normalized spacial score (nSPS) is 21.5. The molecule has 106 valence electrons. The molecule has 1 aromatic heterocycles. The van der Waals surface area contributed by atoms with E-state index in [0.717, 1.165) is 30.2 Å². The molecule has 0 aliphatic heterocycles. The van der Waals surface area contributed by atoms with Crippen LogP contribution in [0.3, 0.4) is 0 Å². The number of hydrogen-bond donors (Lipinski definition) is 1. The number of para-hydroxylation sites is 1. The van der Waals surface area contributed by atoms with Crippen LogP contribution in [0, 0.1) is 6.92 Å². The first-order valence-electron chi connectivity index (χ1n) is 7.04. The van der Waals surface area contributed by atoms with Crippen LogP contribution in [-0.4, -0.2) is 18.1 Å². The molecule has 1 aromatic carbocycles. The van der Waals surface area contributed by atoms with Gasteiger partial charge in [-0.2, -0.15) is 0 Å². The maximum Gasteiger partial charge on any atom is 0.208 e. The molecule has 0 atom stereocenters. The molecule has 1 heterocycles. The summed E-state index contributed by atoms with van der Waals surface area (Å²) < 4.78 is 10.9. The first-order valence-corrected chi connectivity index (χ1v) is 7.04. The second-order valence-electron chi connectivity index (χ2n) is 5.35. The van der Waals surface area contributed by atoms with Gasteiger partial charge in [0, 0.05) is 6.04 Å². The average molecular weight is 272 g/mol. The fraction of sp³-hybridized carbons (Fsp3) is 0.438. The summed E-state index contributed by atoms with van der Waals surface area (Å²) in [5, 5.41) is 3.49. The molecule has 0 bridgehead atoms. The van der Waals surface area contributed by atoms with E-state index < -0.39 is 0 Å². The fourth-order valence-corrected chi connectivity index (χ4v) is 2.76. The van der Waals surface area contributed by atoms with E-state index in [-0.39, 0.29) is 0 Å². The van der Waals surface area contributed by atoms with Crippen LogP contribution in [0.1, 0.15) is 36.0 Å². The SMILES string of the molecule is COc1ccccc1C1CC(NCc2ncc(C)o2)C1. The lowest BCUT2D eigenvalue weighted by Gasteiger charge is -2.36. The van der Waals surface area contributed by atoms with E-state index >= 15 is 0 Å². The molecular weight excluding hydrogens is 252 g/mol. The number of ether oxygens (including phenoxy) is 1. The van der Waals surface area contributed by atoms with Crippen molar-refractivity contribution in [3.05, 3.63) is 47.7 Å². The fourth-order valence-electron chi connectivity index (χ4n) is 2.76. The van der Waals surface area contributed by atoms with Gasteiger partial charge in [0.1, 0.15) is 11.5 Å². The molecule has 4 heteroatoms. The number of oxazole rings is 1. The smallest absolute Gasteiger partial charge is 0.208 e. The molecule has 0 amide bonds. The zero-order valence-corrected chi connectivity index (χ0v) is 11.9. The lowest BCUT2D eigenvalue weighted by atomic mass is 9.75. The Bertz CT molecular complexity index is 573. The third-order valence-electron chi connectivity index (χ3n) is 3.93. The van der Waals surface area contributed by atoms with Crippen LogP contribution < -0.4 is 10.1 Å². The zero-order valence-electron chi connectivity index (χ0n) is 11.9. The maximum absolute atomic E-state index is 5.46. The van der Waals surface area contributed by atoms with Gasteiger partial charge in [-0.3, -0.25) is 0 Å². The molecule has 0 unspecified atom stereocenters. The Labute approximate surface area is 119 Å². The molecule has 1 fully saturated rings. The Kier molecular flexibility index (Phi) is 3.74. The minimum atomic E-state index is 0.539. The van der Waals surface area contributed by atoms with Gasteiger partial charge in [-0.15, -0.1) is 0 Å². The second kappa shape index (κ2) is 5.67. The third-order valence-corrected chi connectivity index (χ3v) is 3.93. The Morgan fingerprint density at radius 1 is 1.35 bits per heavy atom. The van der Waals surface area contributed by atoms with Gasteiger partial charge in [0.25, 0.3) is 0 Å². The molecule has 0 saturated heterocycles. The average Bonchev–Trinajstić information content (AvgIpc) is 2.83. The van der Waals surface area contributed by atoms with E-state index in [1.807, 2.05) is 19.1 Å². The number of aryl methyl sites for hydroxylation is 1. The molecular formula is C16H20N2O2.